The minimum absolute atomic E-state index is 0.167. The lowest BCUT2D eigenvalue weighted by atomic mass is 10.0. The highest BCUT2D eigenvalue weighted by Gasteiger charge is 2.30. The number of rotatable bonds is 3. The molecule has 0 saturated carbocycles. The summed E-state index contributed by atoms with van der Waals surface area (Å²) in [7, 11) is 1.93. The normalized spacial score (nSPS) is 19.5. The van der Waals surface area contributed by atoms with Gasteiger partial charge in [-0.3, -0.25) is 9.48 Å². The molecule has 2 aromatic rings. The van der Waals surface area contributed by atoms with Gasteiger partial charge in [-0.2, -0.15) is 5.10 Å². The Bertz CT molecular complexity index is 661. The van der Waals surface area contributed by atoms with Gasteiger partial charge in [0.25, 0.3) is 0 Å². The van der Waals surface area contributed by atoms with Gasteiger partial charge in [-0.05, 0) is 38.8 Å². The molecule has 112 valence electrons. The zero-order chi connectivity index (χ0) is 15.0. The van der Waals surface area contributed by atoms with Crippen LogP contribution in [0.3, 0.4) is 0 Å². The number of nitrogens with zero attached hydrogens (tertiary/aromatic N) is 3. The van der Waals surface area contributed by atoms with Crippen molar-refractivity contribution in [3.05, 3.63) is 24.3 Å². The number of likely N-dealkylation sites (tertiary alicyclic amines) is 1. The van der Waals surface area contributed by atoms with Gasteiger partial charge in [0, 0.05) is 25.0 Å². The Hall–Kier alpha value is -2.04. The molecule has 1 saturated heterocycles. The van der Waals surface area contributed by atoms with Crippen LogP contribution in [0, 0.1) is 0 Å². The predicted octanol–water partition coefficient (Wildman–Crippen LogP) is 2.38. The van der Waals surface area contributed by atoms with Crippen LogP contribution >= 0.6 is 0 Å². The molecule has 21 heavy (non-hydrogen) atoms. The molecule has 5 heteroatoms. The van der Waals surface area contributed by atoms with Gasteiger partial charge in [0.2, 0.25) is 5.91 Å². The number of amides is 1. The Morgan fingerprint density at radius 2 is 2.10 bits per heavy atom. The molecular weight excluding hydrogens is 264 g/mol. The maximum Gasteiger partial charge on any atom is 0.245 e. The summed E-state index contributed by atoms with van der Waals surface area (Å²) in [5, 5.41) is 8.94. The van der Waals surface area contributed by atoms with Crippen LogP contribution in [0.15, 0.2) is 24.3 Å². The number of aromatic nitrogens is 2. The largest absolute Gasteiger partial charge is 0.356 e. The van der Waals surface area contributed by atoms with Gasteiger partial charge in [0.05, 0.1) is 5.52 Å². The van der Waals surface area contributed by atoms with Crippen molar-refractivity contribution >= 4 is 22.6 Å². The van der Waals surface area contributed by atoms with E-state index in [1.807, 2.05) is 40.9 Å². The molecule has 5 nitrogen and oxygen atoms in total. The molecule has 0 bridgehead atoms. The lowest BCUT2D eigenvalue weighted by Gasteiger charge is -2.35. The topological polar surface area (TPSA) is 50.2 Å². The van der Waals surface area contributed by atoms with Crippen LogP contribution in [0.1, 0.15) is 26.7 Å². The number of aryl methyl sites for hydroxylation is 1. The van der Waals surface area contributed by atoms with E-state index < -0.39 is 0 Å². The van der Waals surface area contributed by atoms with Crippen molar-refractivity contribution in [1.82, 2.24) is 14.7 Å². The second-order valence-corrected chi connectivity index (χ2v) is 5.95. The molecule has 1 aliphatic rings. The van der Waals surface area contributed by atoms with E-state index in [-0.39, 0.29) is 18.0 Å². The minimum Gasteiger partial charge on any atom is -0.356 e. The van der Waals surface area contributed by atoms with Crippen molar-refractivity contribution < 1.29 is 4.79 Å². The first-order valence-corrected chi connectivity index (χ1v) is 7.56. The van der Waals surface area contributed by atoms with Crippen LogP contribution in [-0.2, 0) is 11.8 Å². The lowest BCUT2D eigenvalue weighted by Crippen LogP contribution is -2.50. The van der Waals surface area contributed by atoms with E-state index in [0.29, 0.717) is 0 Å². The molecule has 1 unspecified atom stereocenters. The van der Waals surface area contributed by atoms with E-state index in [9.17, 15) is 4.79 Å². The van der Waals surface area contributed by atoms with E-state index in [0.717, 1.165) is 36.1 Å². The Morgan fingerprint density at radius 3 is 2.86 bits per heavy atom. The molecule has 1 fully saturated rings. The first-order chi connectivity index (χ1) is 10.1. The third-order valence-electron chi connectivity index (χ3n) is 4.17. The zero-order valence-corrected chi connectivity index (χ0v) is 12.8. The zero-order valence-electron chi connectivity index (χ0n) is 12.8. The number of fused-ring (bicyclic) bond motifs is 1. The molecule has 2 heterocycles. The average molecular weight is 286 g/mol. The van der Waals surface area contributed by atoms with Crippen LogP contribution in [-0.4, -0.2) is 39.2 Å². The summed E-state index contributed by atoms with van der Waals surface area (Å²) >= 11 is 0. The molecule has 1 N–H and O–H groups in total. The number of piperidine rings is 1. The SMILES string of the molecule is CC(C)N1CCCC(Nc2nn(C)c3ccccc23)C1=O. The smallest absolute Gasteiger partial charge is 0.245 e. The molecule has 1 aromatic carbocycles. The highest BCUT2D eigenvalue weighted by Crippen LogP contribution is 2.25. The minimum atomic E-state index is -0.167. The average Bonchev–Trinajstić information content (AvgIpc) is 2.78. The van der Waals surface area contributed by atoms with E-state index in [1.165, 1.54) is 0 Å². The Morgan fingerprint density at radius 1 is 1.33 bits per heavy atom. The number of anilines is 1. The third kappa shape index (κ3) is 2.48. The number of para-hydroxylation sites is 1. The molecule has 1 aromatic heterocycles. The summed E-state index contributed by atoms with van der Waals surface area (Å²) < 4.78 is 1.85. The fourth-order valence-electron chi connectivity index (χ4n) is 3.03. The number of carbonyl (C=O) groups is 1. The summed E-state index contributed by atoms with van der Waals surface area (Å²) in [6.07, 6.45) is 1.90. The van der Waals surface area contributed by atoms with Gasteiger partial charge in [0.1, 0.15) is 6.04 Å². The van der Waals surface area contributed by atoms with Crippen LogP contribution in [0.2, 0.25) is 0 Å². The summed E-state index contributed by atoms with van der Waals surface area (Å²) in [4.78, 5) is 14.5. The summed E-state index contributed by atoms with van der Waals surface area (Å²) in [6.45, 7) is 4.99. The second kappa shape index (κ2) is 5.39. The molecule has 0 spiro atoms. The Balaban J connectivity index is 1.86. The van der Waals surface area contributed by atoms with Crippen molar-refractivity contribution in [2.45, 2.75) is 38.8 Å². The molecule has 1 amide bonds. The number of benzene rings is 1. The van der Waals surface area contributed by atoms with Gasteiger partial charge in [0.15, 0.2) is 5.82 Å². The van der Waals surface area contributed by atoms with Gasteiger partial charge in [-0.25, -0.2) is 0 Å². The number of hydrogen-bond donors (Lipinski definition) is 1. The first-order valence-electron chi connectivity index (χ1n) is 7.56. The van der Waals surface area contributed by atoms with Gasteiger partial charge < -0.3 is 10.2 Å². The van der Waals surface area contributed by atoms with Crippen LogP contribution in [0.25, 0.3) is 10.9 Å². The Kier molecular flexibility index (Phi) is 3.57. The third-order valence-corrected chi connectivity index (χ3v) is 4.17. The van der Waals surface area contributed by atoms with E-state index in [4.69, 9.17) is 0 Å². The van der Waals surface area contributed by atoms with Crippen LogP contribution in [0.4, 0.5) is 5.82 Å². The van der Waals surface area contributed by atoms with Crippen molar-refractivity contribution in [3.8, 4) is 0 Å². The van der Waals surface area contributed by atoms with E-state index in [2.05, 4.69) is 24.3 Å². The molecule has 1 aliphatic heterocycles. The lowest BCUT2D eigenvalue weighted by molar-refractivity contribution is -0.136. The second-order valence-electron chi connectivity index (χ2n) is 5.95. The summed E-state index contributed by atoms with van der Waals surface area (Å²) in [5.74, 6) is 0.989. The number of hydrogen-bond acceptors (Lipinski definition) is 3. The highest BCUT2D eigenvalue weighted by atomic mass is 16.2. The Labute approximate surface area is 124 Å². The first kappa shape index (κ1) is 13.9. The molecule has 0 radical (unpaired) electrons. The van der Waals surface area contributed by atoms with Crippen molar-refractivity contribution in [2.24, 2.45) is 7.05 Å². The van der Waals surface area contributed by atoms with Gasteiger partial charge in [-0.1, -0.05) is 12.1 Å². The fraction of sp³-hybridized carbons (Fsp3) is 0.500. The van der Waals surface area contributed by atoms with E-state index >= 15 is 0 Å². The number of carbonyl (C=O) groups excluding carboxylic acids is 1. The number of nitrogens with one attached hydrogen (secondary N) is 1. The summed E-state index contributed by atoms with van der Waals surface area (Å²) in [6, 6.07) is 8.16. The van der Waals surface area contributed by atoms with Crippen LogP contribution < -0.4 is 5.32 Å². The van der Waals surface area contributed by atoms with Crippen LogP contribution in [0.5, 0.6) is 0 Å². The molecule has 0 aliphatic carbocycles. The summed E-state index contributed by atoms with van der Waals surface area (Å²) in [5.41, 5.74) is 1.07. The quantitative estimate of drug-likeness (QED) is 0.942. The van der Waals surface area contributed by atoms with E-state index in [1.54, 1.807) is 0 Å². The fourth-order valence-corrected chi connectivity index (χ4v) is 3.03. The standard InChI is InChI=1S/C16H22N4O/c1-11(2)20-10-6-8-13(16(20)21)17-15-12-7-4-5-9-14(12)19(3)18-15/h4-5,7,9,11,13H,6,8,10H2,1-3H3,(H,17,18). The molecular formula is C16H22N4O. The van der Waals surface area contributed by atoms with Crippen molar-refractivity contribution in [2.75, 3.05) is 11.9 Å². The van der Waals surface area contributed by atoms with Crippen molar-refractivity contribution in [3.63, 3.8) is 0 Å². The molecule has 3 rings (SSSR count). The maximum atomic E-state index is 12.5. The van der Waals surface area contributed by atoms with Crippen molar-refractivity contribution in [1.29, 1.82) is 0 Å². The monoisotopic (exact) mass is 286 g/mol. The molecule has 1 atom stereocenters. The van der Waals surface area contributed by atoms with Gasteiger partial charge in [-0.15, -0.1) is 0 Å². The maximum absolute atomic E-state index is 12.5. The predicted molar refractivity (Wildman–Crippen MR) is 84.2 cm³/mol. The van der Waals surface area contributed by atoms with Gasteiger partial charge >= 0.3 is 0 Å². The highest BCUT2D eigenvalue weighted by molar-refractivity contribution is 5.93.